The van der Waals surface area contributed by atoms with Gasteiger partial charge in [0, 0.05) is 26.7 Å². The Balaban J connectivity index is 2.27. The number of hydrogen-bond acceptors (Lipinski definition) is 4. The van der Waals surface area contributed by atoms with Crippen LogP contribution in [0.5, 0.6) is 5.75 Å². The minimum atomic E-state index is -0.157. The van der Waals surface area contributed by atoms with Crippen molar-refractivity contribution < 1.29 is 14.3 Å². The molecule has 1 aromatic rings. The van der Waals surface area contributed by atoms with Crippen LogP contribution in [0.1, 0.15) is 5.56 Å². The Bertz CT molecular complexity index is 404. The minimum absolute atomic E-state index is 0.0132. The van der Waals surface area contributed by atoms with Gasteiger partial charge in [-0.05, 0) is 17.7 Å². The van der Waals surface area contributed by atoms with Gasteiger partial charge in [-0.25, -0.2) is 0 Å². The highest BCUT2D eigenvalue weighted by molar-refractivity contribution is 5.77. The van der Waals surface area contributed by atoms with E-state index in [9.17, 15) is 4.79 Å². The van der Waals surface area contributed by atoms with Gasteiger partial charge >= 0.3 is 0 Å². The van der Waals surface area contributed by atoms with Crippen LogP contribution in [0.4, 0.5) is 0 Å². The molecule has 2 N–H and O–H groups in total. The molecule has 0 aliphatic rings. The lowest BCUT2D eigenvalue weighted by molar-refractivity contribution is -0.122. The second-order valence-electron chi connectivity index (χ2n) is 4.19. The molecule has 0 radical (unpaired) electrons. The van der Waals surface area contributed by atoms with Crippen molar-refractivity contribution in [2.75, 3.05) is 33.4 Å². The molecule has 0 spiro atoms. The van der Waals surface area contributed by atoms with Gasteiger partial charge in [0.05, 0.1) is 6.61 Å². The summed E-state index contributed by atoms with van der Waals surface area (Å²) >= 11 is 0. The van der Waals surface area contributed by atoms with E-state index in [1.807, 2.05) is 24.3 Å². The van der Waals surface area contributed by atoms with Crippen LogP contribution in [0.25, 0.3) is 0 Å². The Morgan fingerprint density at radius 3 is 2.75 bits per heavy atom. The highest BCUT2D eigenvalue weighted by atomic mass is 16.5. The van der Waals surface area contributed by atoms with Crippen LogP contribution < -0.4 is 15.4 Å². The Morgan fingerprint density at radius 2 is 2.10 bits per heavy atom. The predicted octanol–water partition coefficient (Wildman–Crippen LogP) is 1.10. The Labute approximate surface area is 120 Å². The number of rotatable bonds is 10. The highest BCUT2D eigenvalue weighted by Gasteiger charge is 2.01. The SMILES string of the molecule is C=CCNC(=O)COc1ccc(CNCCOC)cc1. The number of carbonyl (C=O) groups is 1. The zero-order chi connectivity index (χ0) is 14.6. The summed E-state index contributed by atoms with van der Waals surface area (Å²) in [5.41, 5.74) is 1.16. The van der Waals surface area contributed by atoms with E-state index in [-0.39, 0.29) is 12.5 Å². The summed E-state index contributed by atoms with van der Waals surface area (Å²) in [6.45, 7) is 6.29. The first-order valence-electron chi connectivity index (χ1n) is 6.55. The summed E-state index contributed by atoms with van der Waals surface area (Å²) in [7, 11) is 1.68. The van der Waals surface area contributed by atoms with Crippen molar-refractivity contribution >= 4 is 5.91 Å². The number of methoxy groups -OCH3 is 1. The van der Waals surface area contributed by atoms with Crippen molar-refractivity contribution in [3.8, 4) is 5.75 Å². The molecule has 110 valence electrons. The molecular weight excluding hydrogens is 256 g/mol. The lowest BCUT2D eigenvalue weighted by Gasteiger charge is -2.08. The van der Waals surface area contributed by atoms with Crippen LogP contribution in [0.15, 0.2) is 36.9 Å². The maximum Gasteiger partial charge on any atom is 0.258 e. The van der Waals surface area contributed by atoms with Crippen LogP contribution in [0, 0.1) is 0 Å². The number of ether oxygens (including phenoxy) is 2. The van der Waals surface area contributed by atoms with Crippen molar-refractivity contribution in [3.63, 3.8) is 0 Å². The molecule has 20 heavy (non-hydrogen) atoms. The second kappa shape index (κ2) is 10.00. The monoisotopic (exact) mass is 278 g/mol. The van der Waals surface area contributed by atoms with E-state index in [4.69, 9.17) is 9.47 Å². The molecule has 0 aromatic heterocycles. The second-order valence-corrected chi connectivity index (χ2v) is 4.19. The lowest BCUT2D eigenvalue weighted by atomic mass is 10.2. The molecule has 1 rings (SSSR count). The lowest BCUT2D eigenvalue weighted by Crippen LogP contribution is -2.28. The van der Waals surface area contributed by atoms with E-state index >= 15 is 0 Å². The van der Waals surface area contributed by atoms with Crippen LogP contribution in [0.3, 0.4) is 0 Å². The quantitative estimate of drug-likeness (QED) is 0.497. The van der Waals surface area contributed by atoms with E-state index in [1.165, 1.54) is 0 Å². The third-order valence-corrected chi connectivity index (χ3v) is 2.55. The molecule has 0 aliphatic carbocycles. The molecule has 0 saturated heterocycles. The largest absolute Gasteiger partial charge is 0.484 e. The number of amides is 1. The molecule has 0 unspecified atom stereocenters. The summed E-state index contributed by atoms with van der Waals surface area (Å²) in [4.78, 5) is 11.3. The number of benzene rings is 1. The first kappa shape index (κ1) is 16.2. The maximum atomic E-state index is 11.3. The van der Waals surface area contributed by atoms with Crippen LogP contribution >= 0.6 is 0 Å². The van der Waals surface area contributed by atoms with Gasteiger partial charge in [0.2, 0.25) is 0 Å². The van der Waals surface area contributed by atoms with Crippen molar-refractivity contribution in [1.82, 2.24) is 10.6 Å². The van der Waals surface area contributed by atoms with Crippen LogP contribution in [-0.4, -0.2) is 39.3 Å². The third-order valence-electron chi connectivity index (χ3n) is 2.55. The molecule has 0 bridgehead atoms. The molecule has 1 amide bonds. The average molecular weight is 278 g/mol. The number of nitrogens with one attached hydrogen (secondary N) is 2. The van der Waals surface area contributed by atoms with Gasteiger partial charge in [-0.15, -0.1) is 6.58 Å². The summed E-state index contributed by atoms with van der Waals surface area (Å²) < 4.78 is 10.3. The molecule has 1 aromatic carbocycles. The van der Waals surface area contributed by atoms with E-state index in [0.29, 0.717) is 18.9 Å². The van der Waals surface area contributed by atoms with Gasteiger partial charge in [0.15, 0.2) is 6.61 Å². The topological polar surface area (TPSA) is 59.6 Å². The minimum Gasteiger partial charge on any atom is -0.484 e. The Morgan fingerprint density at radius 1 is 1.35 bits per heavy atom. The van der Waals surface area contributed by atoms with Crippen molar-refractivity contribution in [2.24, 2.45) is 0 Å². The van der Waals surface area contributed by atoms with Gasteiger partial charge in [-0.2, -0.15) is 0 Å². The van der Waals surface area contributed by atoms with E-state index < -0.39 is 0 Å². The summed E-state index contributed by atoms with van der Waals surface area (Å²) in [6.07, 6.45) is 1.63. The number of carbonyl (C=O) groups excluding carboxylic acids is 1. The van der Waals surface area contributed by atoms with Crippen molar-refractivity contribution in [2.45, 2.75) is 6.54 Å². The molecule has 0 fully saturated rings. The van der Waals surface area contributed by atoms with Crippen LogP contribution in [0.2, 0.25) is 0 Å². The standard InChI is InChI=1S/C15H22N2O3/c1-3-8-17-15(18)12-20-14-6-4-13(5-7-14)11-16-9-10-19-2/h3-7,16H,1,8-12H2,2H3,(H,17,18). The summed E-state index contributed by atoms with van der Waals surface area (Å²) in [6, 6.07) is 7.65. The summed E-state index contributed by atoms with van der Waals surface area (Å²) in [5, 5.41) is 5.91. The Hall–Kier alpha value is -1.85. The van der Waals surface area contributed by atoms with Gasteiger partial charge < -0.3 is 20.1 Å². The maximum absolute atomic E-state index is 11.3. The Kier molecular flexibility index (Phi) is 8.10. The highest BCUT2D eigenvalue weighted by Crippen LogP contribution is 2.11. The zero-order valence-corrected chi connectivity index (χ0v) is 11.9. The van der Waals surface area contributed by atoms with Gasteiger partial charge in [-0.1, -0.05) is 18.2 Å². The van der Waals surface area contributed by atoms with Gasteiger partial charge in [-0.3, -0.25) is 4.79 Å². The zero-order valence-electron chi connectivity index (χ0n) is 11.9. The molecule has 5 nitrogen and oxygen atoms in total. The number of hydrogen-bond donors (Lipinski definition) is 2. The first-order chi connectivity index (χ1) is 9.76. The van der Waals surface area contributed by atoms with Crippen molar-refractivity contribution in [1.29, 1.82) is 0 Å². The summed E-state index contributed by atoms with van der Waals surface area (Å²) in [5.74, 6) is 0.523. The molecule has 5 heteroatoms. The predicted molar refractivity (Wildman–Crippen MR) is 78.7 cm³/mol. The van der Waals surface area contributed by atoms with E-state index in [1.54, 1.807) is 13.2 Å². The molecule has 0 heterocycles. The van der Waals surface area contributed by atoms with E-state index in [0.717, 1.165) is 18.7 Å². The molecular formula is C15H22N2O3. The third kappa shape index (κ3) is 6.92. The molecule has 0 saturated carbocycles. The average Bonchev–Trinajstić information content (AvgIpc) is 2.48. The smallest absolute Gasteiger partial charge is 0.258 e. The van der Waals surface area contributed by atoms with Crippen LogP contribution in [-0.2, 0) is 16.1 Å². The fourth-order valence-corrected chi connectivity index (χ4v) is 1.50. The molecule has 0 atom stereocenters. The van der Waals surface area contributed by atoms with Gasteiger partial charge in [0.25, 0.3) is 5.91 Å². The normalized spacial score (nSPS) is 10.1. The molecule has 0 aliphatic heterocycles. The van der Waals surface area contributed by atoms with E-state index in [2.05, 4.69) is 17.2 Å². The first-order valence-corrected chi connectivity index (χ1v) is 6.55. The van der Waals surface area contributed by atoms with Gasteiger partial charge in [0.1, 0.15) is 5.75 Å². The van der Waals surface area contributed by atoms with Crippen molar-refractivity contribution in [3.05, 3.63) is 42.5 Å². The fourth-order valence-electron chi connectivity index (χ4n) is 1.50. The fraction of sp³-hybridized carbons (Fsp3) is 0.400.